The van der Waals surface area contributed by atoms with Crippen LogP contribution < -0.4 is 5.32 Å². The van der Waals surface area contributed by atoms with E-state index in [0.717, 1.165) is 10.6 Å². The lowest BCUT2D eigenvalue weighted by Crippen LogP contribution is -2.34. The van der Waals surface area contributed by atoms with Crippen LogP contribution >= 0.6 is 23.5 Å². The van der Waals surface area contributed by atoms with Crippen LogP contribution in [-0.4, -0.2) is 35.0 Å². The molecule has 0 spiro atoms. The summed E-state index contributed by atoms with van der Waals surface area (Å²) in [5.74, 6) is 0.432. The Bertz CT molecular complexity index is 714. The first-order chi connectivity index (χ1) is 11.5. The maximum Gasteiger partial charge on any atom is 0.339 e. The predicted octanol–water partition coefficient (Wildman–Crippen LogP) is 3.75. The van der Waals surface area contributed by atoms with Crippen LogP contribution in [0, 0.1) is 0 Å². The minimum absolute atomic E-state index is 0.0780. The molecule has 0 radical (unpaired) electrons. The smallest absolute Gasteiger partial charge is 0.339 e. The van der Waals surface area contributed by atoms with E-state index in [9.17, 15) is 9.59 Å². The van der Waals surface area contributed by atoms with Crippen molar-refractivity contribution < 1.29 is 19.1 Å². The number of hydrogen-bond donors (Lipinski definition) is 2. The SMILES string of the molecule is CSCC(C)NC(=O)c1ccccc1SCc1occc1C(=O)O. The zero-order chi connectivity index (χ0) is 17.5. The monoisotopic (exact) mass is 365 g/mol. The largest absolute Gasteiger partial charge is 0.478 e. The molecule has 128 valence electrons. The molecule has 7 heteroatoms. The highest BCUT2D eigenvalue weighted by Crippen LogP contribution is 2.28. The summed E-state index contributed by atoms with van der Waals surface area (Å²) >= 11 is 3.06. The zero-order valence-corrected chi connectivity index (χ0v) is 15.1. The average molecular weight is 365 g/mol. The Balaban J connectivity index is 2.10. The van der Waals surface area contributed by atoms with Gasteiger partial charge in [-0.15, -0.1) is 11.8 Å². The second-order valence-corrected chi connectivity index (χ2v) is 7.11. The van der Waals surface area contributed by atoms with Gasteiger partial charge in [-0.1, -0.05) is 12.1 Å². The second kappa shape index (κ2) is 8.84. The summed E-state index contributed by atoms with van der Waals surface area (Å²) in [5.41, 5.74) is 0.733. The molecule has 0 aliphatic rings. The van der Waals surface area contributed by atoms with E-state index in [-0.39, 0.29) is 17.5 Å². The van der Waals surface area contributed by atoms with E-state index in [1.807, 2.05) is 31.4 Å². The van der Waals surface area contributed by atoms with Crippen LogP contribution in [0.3, 0.4) is 0 Å². The standard InChI is InChI=1S/C17H19NO4S2/c1-11(9-23-2)18-16(19)13-5-3-4-6-15(13)24-10-14-12(17(20)21)7-8-22-14/h3-8,11H,9-10H2,1-2H3,(H,18,19)(H,20,21). The Morgan fingerprint density at radius 1 is 1.25 bits per heavy atom. The number of furan rings is 1. The first-order valence-corrected chi connectivity index (χ1v) is 9.72. The molecule has 1 heterocycles. The lowest BCUT2D eigenvalue weighted by Gasteiger charge is -2.14. The highest BCUT2D eigenvalue weighted by Gasteiger charge is 2.17. The average Bonchev–Trinajstić information content (AvgIpc) is 3.02. The predicted molar refractivity (Wildman–Crippen MR) is 97.0 cm³/mol. The third-order valence-corrected chi connectivity index (χ3v) is 5.17. The van der Waals surface area contributed by atoms with Crippen LogP contribution in [0.25, 0.3) is 0 Å². The first kappa shape index (κ1) is 18.5. The fraction of sp³-hybridized carbons (Fsp3) is 0.294. The van der Waals surface area contributed by atoms with Gasteiger partial charge >= 0.3 is 5.97 Å². The van der Waals surface area contributed by atoms with E-state index in [1.165, 1.54) is 24.1 Å². The molecular weight excluding hydrogens is 346 g/mol. The number of nitrogens with one attached hydrogen (secondary N) is 1. The molecule has 0 saturated heterocycles. The molecule has 2 N–H and O–H groups in total. The van der Waals surface area contributed by atoms with Gasteiger partial charge < -0.3 is 14.8 Å². The van der Waals surface area contributed by atoms with Gasteiger partial charge in [0.2, 0.25) is 0 Å². The fourth-order valence-electron chi connectivity index (χ4n) is 2.16. The van der Waals surface area contributed by atoms with E-state index >= 15 is 0 Å². The van der Waals surface area contributed by atoms with Gasteiger partial charge in [-0.25, -0.2) is 4.79 Å². The van der Waals surface area contributed by atoms with Crippen molar-refractivity contribution in [3.05, 3.63) is 53.5 Å². The van der Waals surface area contributed by atoms with Gasteiger partial charge in [0.05, 0.1) is 17.6 Å². The molecule has 1 amide bonds. The number of carbonyl (C=O) groups is 2. The van der Waals surface area contributed by atoms with E-state index < -0.39 is 5.97 Å². The minimum Gasteiger partial charge on any atom is -0.478 e. The first-order valence-electron chi connectivity index (χ1n) is 7.34. The quantitative estimate of drug-likeness (QED) is 0.694. The number of aromatic carboxylic acids is 1. The molecule has 1 aromatic carbocycles. The lowest BCUT2D eigenvalue weighted by molar-refractivity contribution is 0.0694. The third-order valence-electron chi connectivity index (χ3n) is 3.26. The molecule has 0 aliphatic heterocycles. The van der Waals surface area contributed by atoms with Gasteiger partial charge in [-0.2, -0.15) is 11.8 Å². The van der Waals surface area contributed by atoms with E-state index in [2.05, 4.69) is 5.32 Å². The third kappa shape index (κ3) is 4.82. The number of carboxylic acids is 1. The molecular formula is C17H19NO4S2. The normalized spacial score (nSPS) is 11.9. The minimum atomic E-state index is -1.02. The summed E-state index contributed by atoms with van der Waals surface area (Å²) in [6, 6.07) is 8.79. The maximum absolute atomic E-state index is 12.4. The van der Waals surface area contributed by atoms with Crippen molar-refractivity contribution in [2.45, 2.75) is 23.6 Å². The molecule has 24 heavy (non-hydrogen) atoms. The molecule has 0 bridgehead atoms. The van der Waals surface area contributed by atoms with Crippen LogP contribution in [0.4, 0.5) is 0 Å². The van der Waals surface area contributed by atoms with Crippen molar-refractivity contribution in [2.75, 3.05) is 12.0 Å². The Morgan fingerprint density at radius 3 is 2.71 bits per heavy atom. The van der Waals surface area contributed by atoms with Crippen molar-refractivity contribution in [1.82, 2.24) is 5.32 Å². The number of carbonyl (C=O) groups excluding carboxylic acids is 1. The Kier molecular flexibility index (Phi) is 6.81. The van der Waals surface area contributed by atoms with Crippen molar-refractivity contribution in [3.8, 4) is 0 Å². The maximum atomic E-state index is 12.4. The zero-order valence-electron chi connectivity index (χ0n) is 13.4. The van der Waals surface area contributed by atoms with Crippen LogP contribution in [0.5, 0.6) is 0 Å². The molecule has 5 nitrogen and oxygen atoms in total. The van der Waals surface area contributed by atoms with Gasteiger partial charge in [-0.3, -0.25) is 4.79 Å². The Labute approximate surface area is 149 Å². The molecule has 1 atom stereocenters. The van der Waals surface area contributed by atoms with E-state index in [4.69, 9.17) is 9.52 Å². The second-order valence-electron chi connectivity index (χ2n) is 5.18. The van der Waals surface area contributed by atoms with Gasteiger partial charge in [0.25, 0.3) is 5.91 Å². The number of thioether (sulfide) groups is 2. The van der Waals surface area contributed by atoms with Gasteiger partial charge in [0.1, 0.15) is 11.3 Å². The summed E-state index contributed by atoms with van der Waals surface area (Å²) < 4.78 is 5.24. The number of amides is 1. The van der Waals surface area contributed by atoms with Crippen LogP contribution in [0.15, 0.2) is 45.9 Å². The van der Waals surface area contributed by atoms with E-state index in [1.54, 1.807) is 17.8 Å². The van der Waals surface area contributed by atoms with Gasteiger partial charge in [0, 0.05) is 16.7 Å². The van der Waals surface area contributed by atoms with Gasteiger partial charge in [0.15, 0.2) is 0 Å². The van der Waals surface area contributed by atoms with Crippen molar-refractivity contribution in [1.29, 1.82) is 0 Å². The van der Waals surface area contributed by atoms with Crippen molar-refractivity contribution >= 4 is 35.4 Å². The molecule has 1 unspecified atom stereocenters. The van der Waals surface area contributed by atoms with Crippen LogP contribution in [0.2, 0.25) is 0 Å². The molecule has 2 rings (SSSR count). The molecule has 0 saturated carbocycles. The topological polar surface area (TPSA) is 79.5 Å². The summed E-state index contributed by atoms with van der Waals surface area (Å²) in [6.07, 6.45) is 3.36. The summed E-state index contributed by atoms with van der Waals surface area (Å²) in [7, 11) is 0. The van der Waals surface area contributed by atoms with Crippen molar-refractivity contribution in [2.24, 2.45) is 0 Å². The Hall–Kier alpha value is -1.86. The number of benzene rings is 1. The van der Waals surface area contributed by atoms with Crippen molar-refractivity contribution in [3.63, 3.8) is 0 Å². The summed E-state index contributed by atoms with van der Waals surface area (Å²) in [5, 5.41) is 12.1. The molecule has 1 aromatic heterocycles. The number of rotatable bonds is 8. The lowest BCUT2D eigenvalue weighted by atomic mass is 10.2. The highest BCUT2D eigenvalue weighted by molar-refractivity contribution is 7.98. The molecule has 0 aliphatic carbocycles. The summed E-state index contributed by atoms with van der Waals surface area (Å²) in [6.45, 7) is 1.96. The molecule has 0 fully saturated rings. The van der Waals surface area contributed by atoms with Gasteiger partial charge in [-0.05, 0) is 31.4 Å². The number of carboxylic acid groups (broad SMARTS) is 1. The van der Waals surface area contributed by atoms with Crippen LogP contribution in [0.1, 0.15) is 33.4 Å². The highest BCUT2D eigenvalue weighted by atomic mass is 32.2. The Morgan fingerprint density at radius 2 is 2.00 bits per heavy atom. The molecule has 2 aromatic rings. The summed E-state index contributed by atoms with van der Waals surface area (Å²) in [4.78, 5) is 24.3. The fourth-order valence-corrected chi connectivity index (χ4v) is 3.74. The van der Waals surface area contributed by atoms with Crippen LogP contribution in [-0.2, 0) is 5.75 Å². The number of hydrogen-bond acceptors (Lipinski definition) is 5. The van der Waals surface area contributed by atoms with E-state index in [0.29, 0.717) is 17.1 Å².